The van der Waals surface area contributed by atoms with Crippen molar-refractivity contribution in [2.75, 3.05) is 5.73 Å². The zero-order valence-electron chi connectivity index (χ0n) is 30.7. The normalized spacial score (nSPS) is 10.4. The predicted molar refractivity (Wildman–Crippen MR) is 221 cm³/mol. The number of aromatic nitrogens is 4. The summed E-state index contributed by atoms with van der Waals surface area (Å²) in [4.78, 5) is 34.3. The summed E-state index contributed by atoms with van der Waals surface area (Å²) in [6, 6.07) is 23.2. The number of nitro groups is 1. The Morgan fingerprint density at radius 2 is 1.09 bits per heavy atom. The minimum absolute atomic E-state index is 0. The number of nitro benzene ring substituents is 1. The molecule has 2 aromatic heterocycles. The number of nitrogens with zero attached hydrogens (tertiary/aromatic N) is 5. The Bertz CT molecular complexity index is 2310. The van der Waals surface area contributed by atoms with E-state index in [1.54, 1.807) is 60.7 Å². The summed E-state index contributed by atoms with van der Waals surface area (Å²) in [5, 5.41) is 19.9. The summed E-state index contributed by atoms with van der Waals surface area (Å²) < 4.78 is 24.0. The van der Waals surface area contributed by atoms with E-state index in [4.69, 9.17) is 65.1 Å². The number of ether oxygens (including phenoxy) is 2. The van der Waals surface area contributed by atoms with E-state index in [0.29, 0.717) is 50.5 Å². The average Bonchev–Trinajstić information content (AvgIpc) is 3.69. The number of nitrogens with two attached hydrogens (primary N) is 1. The van der Waals surface area contributed by atoms with E-state index in [0.717, 1.165) is 10.2 Å². The molecule has 16 nitrogen and oxygen atoms in total. The molecule has 0 atom stereocenters. The Kier molecular flexibility index (Phi) is 19.6. The van der Waals surface area contributed by atoms with Crippen molar-refractivity contribution in [3.05, 3.63) is 137 Å². The molecular formula is C36H38Cl4N6O10Sn. The van der Waals surface area contributed by atoms with Crippen LogP contribution in [0.4, 0.5) is 11.4 Å². The topological polar surface area (TPSA) is 247 Å². The fraction of sp³-hybridized carbons (Fsp3) is 0.222. The first-order valence-electron chi connectivity index (χ1n) is 16.3. The first-order valence-corrected chi connectivity index (χ1v) is 24.3. The van der Waals surface area contributed by atoms with Gasteiger partial charge in [0.15, 0.2) is 0 Å². The summed E-state index contributed by atoms with van der Waals surface area (Å²) in [5.74, 6) is 0.262. The molecule has 0 amide bonds. The number of hydrogen-bond acceptors (Lipinski definition) is 11. The monoisotopic (exact) mass is 974 g/mol. The number of non-ortho nitro benzene ring substituents is 1. The predicted octanol–water partition coefficient (Wildman–Crippen LogP) is 6.82. The number of anilines is 1. The SMILES string of the molecule is CC(C)Oc1ccc(-c2nn(Cc3ccc(N)cc3)c(=O)o2)cc1Cl.CC(C)Oc1ccc(-c2nn(Cc3ccc([N+](=O)[O-])cc3)c(=O)o2)cc1Cl.O.O.[Cl][Sn][Cl]. The van der Waals surface area contributed by atoms with Crippen LogP contribution in [0, 0.1) is 10.1 Å². The van der Waals surface area contributed by atoms with Crippen LogP contribution in [0.2, 0.25) is 10.0 Å². The van der Waals surface area contributed by atoms with E-state index in [1.807, 2.05) is 39.8 Å². The first kappa shape index (κ1) is 48.6. The molecule has 304 valence electrons. The second-order valence-corrected chi connectivity index (χ2v) is 17.1. The zero-order valence-corrected chi connectivity index (χ0v) is 36.6. The summed E-state index contributed by atoms with van der Waals surface area (Å²) in [5.41, 5.74) is 9.02. The van der Waals surface area contributed by atoms with Crippen molar-refractivity contribution < 1.29 is 34.2 Å². The van der Waals surface area contributed by atoms with Crippen molar-refractivity contribution in [1.82, 2.24) is 19.6 Å². The second-order valence-electron chi connectivity index (χ2n) is 12.0. The van der Waals surface area contributed by atoms with Crippen LogP contribution in [0.3, 0.4) is 0 Å². The molecule has 6 N–H and O–H groups in total. The molecule has 0 aliphatic heterocycles. The Morgan fingerprint density at radius 3 is 1.42 bits per heavy atom. The molecule has 0 spiro atoms. The van der Waals surface area contributed by atoms with Gasteiger partial charge in [-0.25, -0.2) is 9.59 Å². The van der Waals surface area contributed by atoms with Gasteiger partial charge in [-0.2, -0.15) is 9.36 Å². The molecule has 2 radical (unpaired) electrons. The molecule has 21 heteroatoms. The van der Waals surface area contributed by atoms with E-state index >= 15 is 0 Å². The van der Waals surface area contributed by atoms with Gasteiger partial charge in [0.05, 0.1) is 40.3 Å². The van der Waals surface area contributed by atoms with Crippen LogP contribution in [0.15, 0.2) is 103 Å². The summed E-state index contributed by atoms with van der Waals surface area (Å²) in [6.07, 6.45) is -0.00686. The number of halogens is 4. The average molecular weight is 975 g/mol. The molecule has 0 unspecified atom stereocenters. The second kappa shape index (κ2) is 23.0. The Hall–Kier alpha value is -4.56. The zero-order chi connectivity index (χ0) is 40.2. The Morgan fingerprint density at radius 1 is 0.719 bits per heavy atom. The molecule has 6 aromatic rings. The van der Waals surface area contributed by atoms with Gasteiger partial charge in [-0.15, -0.1) is 10.2 Å². The molecule has 4 aromatic carbocycles. The molecule has 57 heavy (non-hydrogen) atoms. The van der Waals surface area contributed by atoms with Gasteiger partial charge >= 0.3 is 48.2 Å². The van der Waals surface area contributed by atoms with Gasteiger partial charge in [-0.3, -0.25) is 10.1 Å². The third kappa shape index (κ3) is 14.4. The number of rotatable bonds is 11. The van der Waals surface area contributed by atoms with Gasteiger partial charge in [0.2, 0.25) is 11.8 Å². The van der Waals surface area contributed by atoms with Crippen molar-refractivity contribution in [2.24, 2.45) is 0 Å². The summed E-state index contributed by atoms with van der Waals surface area (Å²) in [7, 11) is 9.87. The van der Waals surface area contributed by atoms with E-state index in [1.165, 1.54) is 16.8 Å². The molecule has 0 aliphatic rings. The molecule has 6 rings (SSSR count). The molecule has 0 fully saturated rings. The third-order valence-corrected chi connectivity index (χ3v) is 7.68. The van der Waals surface area contributed by atoms with Crippen molar-refractivity contribution in [3.63, 3.8) is 0 Å². The minimum atomic E-state index is -0.826. The summed E-state index contributed by atoms with van der Waals surface area (Å²) in [6.45, 7) is 8.05. The van der Waals surface area contributed by atoms with Gasteiger partial charge in [-0.1, -0.05) is 47.5 Å². The molecular weight excluding hydrogens is 937 g/mol. The van der Waals surface area contributed by atoms with Crippen LogP contribution >= 0.6 is 41.0 Å². The van der Waals surface area contributed by atoms with E-state index in [9.17, 15) is 19.7 Å². The standard InChI is InChI=1S/C18H16ClN3O5.C18H18ClN3O3.2ClH.2H2O.Sn/c1-11(2)26-16-8-5-13(9-15(16)19)17-20-21(18(23)27-17)10-12-3-6-14(7-4-12)22(24)25;1-11(2)24-16-8-5-13(9-15(16)19)17-21-22(18(23)25-17)10-12-3-6-14(20)7-4-12;;;;;/h3-9,11H,10H2,1-2H3;3-9,11H,10,20H2,1-2H3;2*1H;2*1H2;/q;;;;;;+2/p-2. The fourth-order valence-electron chi connectivity index (χ4n) is 4.70. The van der Waals surface area contributed by atoms with Crippen molar-refractivity contribution in [3.8, 4) is 34.4 Å². The van der Waals surface area contributed by atoms with Crippen LogP contribution < -0.4 is 26.7 Å². The van der Waals surface area contributed by atoms with Gasteiger partial charge in [0.1, 0.15) is 11.5 Å². The number of benzene rings is 4. The van der Waals surface area contributed by atoms with Gasteiger partial charge < -0.3 is 35.0 Å². The van der Waals surface area contributed by atoms with Crippen LogP contribution in [-0.4, -0.2) is 66.5 Å². The van der Waals surface area contributed by atoms with Gasteiger partial charge in [-0.05, 0) is 87.4 Å². The maximum atomic E-state index is 12.1. The third-order valence-electron chi connectivity index (χ3n) is 7.09. The number of hydrogen-bond donors (Lipinski definition) is 1. The Balaban J connectivity index is 0.000000357. The molecule has 0 saturated heterocycles. The van der Waals surface area contributed by atoms with Crippen LogP contribution in [0.5, 0.6) is 11.5 Å². The maximum absolute atomic E-state index is 12.1. The molecule has 2 heterocycles. The quantitative estimate of drug-likeness (QED) is 0.0610. The van der Waals surface area contributed by atoms with E-state index in [-0.39, 0.29) is 47.2 Å². The van der Waals surface area contributed by atoms with Crippen molar-refractivity contribution in [1.29, 1.82) is 0 Å². The molecule has 0 saturated carbocycles. The van der Waals surface area contributed by atoms with Crippen molar-refractivity contribution >= 4 is 71.3 Å². The van der Waals surface area contributed by atoms with E-state index < -0.39 is 35.3 Å². The van der Waals surface area contributed by atoms with E-state index in [2.05, 4.69) is 10.2 Å². The van der Waals surface area contributed by atoms with Gasteiger partial charge in [0.25, 0.3) is 5.69 Å². The van der Waals surface area contributed by atoms with Crippen LogP contribution in [0.25, 0.3) is 22.9 Å². The van der Waals surface area contributed by atoms with Crippen molar-refractivity contribution in [2.45, 2.75) is 53.0 Å². The van der Waals surface area contributed by atoms with Crippen LogP contribution in [-0.2, 0) is 13.1 Å². The molecule has 0 bridgehead atoms. The first-order chi connectivity index (χ1) is 26.2. The molecule has 0 aliphatic carbocycles. The fourth-order valence-corrected chi connectivity index (χ4v) is 5.15. The Labute approximate surface area is 353 Å². The number of nitrogen functional groups attached to an aromatic ring is 1. The van der Waals surface area contributed by atoms with Gasteiger partial charge in [0, 0.05) is 28.9 Å². The van der Waals surface area contributed by atoms with Crippen LogP contribution in [0.1, 0.15) is 38.8 Å². The summed E-state index contributed by atoms with van der Waals surface area (Å²) >= 11 is 11.6.